The molecule has 1 heterocycles. The second-order valence-corrected chi connectivity index (χ2v) is 7.29. The third-order valence-electron chi connectivity index (χ3n) is 3.62. The summed E-state index contributed by atoms with van der Waals surface area (Å²) in [5.74, 6) is -0.846. The van der Waals surface area contributed by atoms with E-state index in [2.05, 4.69) is 0 Å². The van der Waals surface area contributed by atoms with Crippen LogP contribution in [0, 0.1) is 5.82 Å². The van der Waals surface area contributed by atoms with Gasteiger partial charge in [-0.3, -0.25) is 0 Å². The van der Waals surface area contributed by atoms with E-state index in [4.69, 9.17) is 5.73 Å². The number of anilines is 1. The molecule has 112 valence electrons. The van der Waals surface area contributed by atoms with Crippen LogP contribution in [0.3, 0.4) is 0 Å². The lowest BCUT2D eigenvalue weighted by Crippen LogP contribution is -2.34. The van der Waals surface area contributed by atoms with Gasteiger partial charge in [0.25, 0.3) is 0 Å². The van der Waals surface area contributed by atoms with Crippen molar-refractivity contribution in [2.75, 3.05) is 18.8 Å². The summed E-state index contributed by atoms with van der Waals surface area (Å²) in [4.78, 5) is -0.471. The van der Waals surface area contributed by atoms with Crippen molar-refractivity contribution < 1.29 is 17.9 Å². The van der Waals surface area contributed by atoms with E-state index < -0.39 is 26.3 Å². The molecule has 20 heavy (non-hydrogen) atoms. The van der Waals surface area contributed by atoms with Crippen LogP contribution in [-0.2, 0) is 10.0 Å². The Balaban J connectivity index is 2.36. The molecule has 3 N–H and O–H groups in total. The summed E-state index contributed by atoms with van der Waals surface area (Å²) in [6, 6.07) is 3.82. The minimum absolute atomic E-state index is 0.0963. The lowest BCUT2D eigenvalue weighted by Gasteiger charge is -2.23. The molecule has 1 fully saturated rings. The lowest BCUT2D eigenvalue weighted by molar-refractivity contribution is 0.0465. The van der Waals surface area contributed by atoms with Crippen LogP contribution in [0.15, 0.2) is 23.1 Å². The molecule has 1 atom stereocenters. The van der Waals surface area contributed by atoms with Gasteiger partial charge in [0.2, 0.25) is 10.0 Å². The summed E-state index contributed by atoms with van der Waals surface area (Å²) in [6.07, 6.45) is 1.37. The highest BCUT2D eigenvalue weighted by Gasteiger charge is 2.34. The fourth-order valence-corrected chi connectivity index (χ4v) is 4.05. The maximum Gasteiger partial charge on any atom is 0.248 e. The Labute approximate surface area is 118 Å². The standard InChI is InChI=1S/C13H19FN2O3S/c1-13(17)6-3-8-16(9-7-13)20(18,19)12-10(14)4-2-5-11(12)15/h2,4-5,17H,3,6-9,15H2,1H3. The van der Waals surface area contributed by atoms with Crippen molar-refractivity contribution in [2.45, 2.75) is 36.7 Å². The Morgan fingerprint density at radius 1 is 1.35 bits per heavy atom. The van der Waals surface area contributed by atoms with Crippen LogP contribution in [0.2, 0.25) is 0 Å². The van der Waals surface area contributed by atoms with Gasteiger partial charge < -0.3 is 10.8 Å². The van der Waals surface area contributed by atoms with Gasteiger partial charge in [-0.05, 0) is 38.3 Å². The van der Waals surface area contributed by atoms with Crippen molar-refractivity contribution in [3.63, 3.8) is 0 Å². The number of halogens is 1. The summed E-state index contributed by atoms with van der Waals surface area (Å²) < 4.78 is 40.1. The summed E-state index contributed by atoms with van der Waals surface area (Å²) in [5, 5.41) is 10.00. The van der Waals surface area contributed by atoms with Crippen molar-refractivity contribution in [2.24, 2.45) is 0 Å². The predicted octanol–water partition coefficient (Wildman–Crippen LogP) is 1.33. The number of hydrogen-bond acceptors (Lipinski definition) is 4. The Kier molecular flexibility index (Phi) is 4.04. The largest absolute Gasteiger partial charge is 0.398 e. The normalized spacial score (nSPS) is 25.4. The molecule has 0 aliphatic carbocycles. The third-order valence-corrected chi connectivity index (χ3v) is 5.61. The third kappa shape index (κ3) is 2.94. The number of hydrogen-bond donors (Lipinski definition) is 2. The van der Waals surface area contributed by atoms with Crippen molar-refractivity contribution >= 4 is 15.7 Å². The molecular formula is C13H19FN2O3S. The van der Waals surface area contributed by atoms with Gasteiger partial charge in [0.1, 0.15) is 10.7 Å². The quantitative estimate of drug-likeness (QED) is 0.807. The average molecular weight is 302 g/mol. The number of nitrogens with two attached hydrogens (primary N) is 1. The maximum absolute atomic E-state index is 13.8. The van der Waals surface area contributed by atoms with Crippen LogP contribution in [0.5, 0.6) is 0 Å². The number of aliphatic hydroxyl groups is 1. The van der Waals surface area contributed by atoms with Crippen LogP contribution in [0.1, 0.15) is 26.2 Å². The highest BCUT2D eigenvalue weighted by molar-refractivity contribution is 7.89. The van der Waals surface area contributed by atoms with Gasteiger partial charge in [0.05, 0.1) is 11.3 Å². The highest BCUT2D eigenvalue weighted by Crippen LogP contribution is 2.29. The van der Waals surface area contributed by atoms with Crippen molar-refractivity contribution in [1.82, 2.24) is 4.31 Å². The van der Waals surface area contributed by atoms with E-state index in [-0.39, 0.29) is 18.8 Å². The van der Waals surface area contributed by atoms with Gasteiger partial charge in [-0.25, -0.2) is 12.8 Å². The number of nitrogens with zero attached hydrogens (tertiary/aromatic N) is 1. The highest BCUT2D eigenvalue weighted by atomic mass is 32.2. The first-order chi connectivity index (χ1) is 9.24. The zero-order valence-electron chi connectivity index (χ0n) is 11.3. The van der Waals surface area contributed by atoms with E-state index in [0.29, 0.717) is 19.3 Å². The first-order valence-electron chi connectivity index (χ1n) is 6.50. The maximum atomic E-state index is 13.8. The monoisotopic (exact) mass is 302 g/mol. The number of nitrogen functional groups attached to an aromatic ring is 1. The summed E-state index contributed by atoms with van der Waals surface area (Å²) in [6.45, 7) is 2.09. The molecular weight excluding hydrogens is 283 g/mol. The van der Waals surface area contributed by atoms with Gasteiger partial charge in [0, 0.05) is 13.1 Å². The smallest absolute Gasteiger partial charge is 0.248 e. The molecule has 0 aromatic heterocycles. The molecule has 1 aromatic rings. The van der Waals surface area contributed by atoms with Gasteiger partial charge >= 0.3 is 0 Å². The SMILES string of the molecule is CC1(O)CCCN(S(=O)(=O)c2c(N)cccc2F)CC1. The van der Waals surface area contributed by atoms with Crippen LogP contribution in [0.4, 0.5) is 10.1 Å². The van der Waals surface area contributed by atoms with Gasteiger partial charge in [-0.1, -0.05) is 6.07 Å². The molecule has 1 saturated heterocycles. The van der Waals surface area contributed by atoms with Crippen LogP contribution in [-0.4, -0.2) is 36.5 Å². The molecule has 5 nitrogen and oxygen atoms in total. The van der Waals surface area contributed by atoms with E-state index in [0.717, 1.165) is 6.07 Å². The Bertz CT molecular complexity index is 581. The topological polar surface area (TPSA) is 83.6 Å². The molecule has 0 spiro atoms. The van der Waals surface area contributed by atoms with Gasteiger partial charge in [-0.2, -0.15) is 4.31 Å². The molecule has 1 aliphatic heterocycles. The summed E-state index contributed by atoms with van der Waals surface area (Å²) in [5.41, 5.74) is 4.63. The molecule has 0 radical (unpaired) electrons. The molecule has 0 bridgehead atoms. The molecule has 0 amide bonds. The summed E-state index contributed by atoms with van der Waals surface area (Å²) in [7, 11) is -3.97. The molecule has 7 heteroatoms. The Morgan fingerprint density at radius 3 is 2.70 bits per heavy atom. The van der Waals surface area contributed by atoms with E-state index in [1.807, 2.05) is 0 Å². The predicted molar refractivity (Wildman–Crippen MR) is 74.0 cm³/mol. The molecule has 0 saturated carbocycles. The Hall–Kier alpha value is -1.18. The average Bonchev–Trinajstić information content (AvgIpc) is 2.50. The molecule has 2 rings (SSSR count). The van der Waals surface area contributed by atoms with Crippen LogP contribution < -0.4 is 5.73 Å². The molecule has 1 aromatic carbocycles. The van der Waals surface area contributed by atoms with E-state index in [1.54, 1.807) is 6.92 Å². The second-order valence-electron chi connectivity index (χ2n) is 5.41. The fourth-order valence-electron chi connectivity index (χ4n) is 2.41. The number of rotatable bonds is 2. The summed E-state index contributed by atoms with van der Waals surface area (Å²) >= 11 is 0. The van der Waals surface area contributed by atoms with E-state index in [1.165, 1.54) is 16.4 Å². The van der Waals surface area contributed by atoms with E-state index >= 15 is 0 Å². The van der Waals surface area contributed by atoms with Crippen LogP contribution >= 0.6 is 0 Å². The second kappa shape index (κ2) is 5.31. The first-order valence-corrected chi connectivity index (χ1v) is 7.94. The molecule has 1 aliphatic rings. The van der Waals surface area contributed by atoms with E-state index in [9.17, 15) is 17.9 Å². The fraction of sp³-hybridized carbons (Fsp3) is 0.538. The van der Waals surface area contributed by atoms with Crippen LogP contribution in [0.25, 0.3) is 0 Å². The zero-order chi connectivity index (χ0) is 15.0. The van der Waals surface area contributed by atoms with Gasteiger partial charge in [-0.15, -0.1) is 0 Å². The van der Waals surface area contributed by atoms with Gasteiger partial charge in [0.15, 0.2) is 0 Å². The van der Waals surface area contributed by atoms with Crippen molar-refractivity contribution in [3.8, 4) is 0 Å². The van der Waals surface area contributed by atoms with Crippen molar-refractivity contribution in [1.29, 1.82) is 0 Å². The lowest BCUT2D eigenvalue weighted by atomic mass is 9.98. The first kappa shape index (κ1) is 15.2. The number of benzene rings is 1. The minimum Gasteiger partial charge on any atom is -0.398 e. The van der Waals surface area contributed by atoms with Crippen molar-refractivity contribution in [3.05, 3.63) is 24.0 Å². The zero-order valence-corrected chi connectivity index (χ0v) is 12.2. The Morgan fingerprint density at radius 2 is 2.05 bits per heavy atom. The number of sulfonamides is 1. The molecule has 1 unspecified atom stereocenters. The minimum atomic E-state index is -3.97.